The fraction of sp³-hybridized carbons (Fsp3) is 0.130. The van der Waals surface area contributed by atoms with Gasteiger partial charge in [-0.25, -0.2) is 4.79 Å². The summed E-state index contributed by atoms with van der Waals surface area (Å²) in [6.45, 7) is 0.415. The van der Waals surface area contributed by atoms with Crippen molar-refractivity contribution in [2.45, 2.75) is 12.6 Å². The number of ether oxygens (including phenoxy) is 1. The van der Waals surface area contributed by atoms with Crippen molar-refractivity contribution in [3.05, 3.63) is 87.6 Å². The van der Waals surface area contributed by atoms with Crippen LogP contribution in [0.5, 0.6) is 5.75 Å². The van der Waals surface area contributed by atoms with Gasteiger partial charge in [0, 0.05) is 4.88 Å². The van der Waals surface area contributed by atoms with Gasteiger partial charge in [-0.3, -0.25) is 10.2 Å². The summed E-state index contributed by atoms with van der Waals surface area (Å²) in [5.41, 5.74) is 1.03. The van der Waals surface area contributed by atoms with Crippen LogP contribution in [0.15, 0.2) is 66.0 Å². The molecule has 1 fully saturated rings. The van der Waals surface area contributed by atoms with E-state index in [0.717, 1.165) is 4.88 Å². The van der Waals surface area contributed by atoms with E-state index in [-0.39, 0.29) is 17.0 Å². The summed E-state index contributed by atoms with van der Waals surface area (Å²) in [5.74, 6) is -1.90. The predicted octanol–water partition coefficient (Wildman–Crippen LogP) is 3.90. The zero-order valence-corrected chi connectivity index (χ0v) is 17.1. The van der Waals surface area contributed by atoms with Crippen molar-refractivity contribution in [2.75, 3.05) is 0 Å². The van der Waals surface area contributed by atoms with E-state index >= 15 is 0 Å². The van der Waals surface area contributed by atoms with Crippen LogP contribution in [0.4, 0.5) is 0 Å². The maximum absolute atomic E-state index is 12.3. The van der Waals surface area contributed by atoms with Gasteiger partial charge in [0.15, 0.2) is 0 Å². The molecule has 1 aromatic heterocycles. The van der Waals surface area contributed by atoms with Crippen LogP contribution in [0.2, 0.25) is 0 Å². The standard InChI is InChI=1S/C23H19N3O4S/c24-19(13-4-2-7-16(11-13)30-12-17-8-3-9-31-17)18-20(25)22(27)26-21(18)14-5-1-6-15(10-14)23(28)29/h1-11,18,21,24-25H,12H2,(H,26,27)(H,28,29). The molecule has 7 nitrogen and oxygen atoms in total. The maximum Gasteiger partial charge on any atom is 0.335 e. The summed E-state index contributed by atoms with van der Waals surface area (Å²) in [5, 5.41) is 30.9. The molecule has 8 heteroatoms. The first kappa shape index (κ1) is 20.5. The first-order valence-electron chi connectivity index (χ1n) is 9.50. The van der Waals surface area contributed by atoms with E-state index in [0.29, 0.717) is 23.5 Å². The number of aromatic carboxylic acids is 1. The third-order valence-corrected chi connectivity index (χ3v) is 5.94. The highest BCUT2D eigenvalue weighted by atomic mass is 32.1. The molecule has 0 saturated carbocycles. The first-order chi connectivity index (χ1) is 14.9. The van der Waals surface area contributed by atoms with Crippen LogP contribution in [-0.2, 0) is 11.4 Å². The highest BCUT2D eigenvalue weighted by molar-refractivity contribution is 7.09. The topological polar surface area (TPSA) is 123 Å². The zero-order valence-electron chi connectivity index (χ0n) is 16.3. The van der Waals surface area contributed by atoms with Crippen molar-refractivity contribution in [1.29, 1.82) is 10.8 Å². The molecule has 4 rings (SSSR count). The van der Waals surface area contributed by atoms with Crippen LogP contribution >= 0.6 is 11.3 Å². The van der Waals surface area contributed by atoms with Gasteiger partial charge < -0.3 is 20.6 Å². The monoisotopic (exact) mass is 433 g/mol. The summed E-state index contributed by atoms with van der Waals surface area (Å²) < 4.78 is 5.82. The highest BCUT2D eigenvalue weighted by Gasteiger charge is 2.42. The molecule has 0 radical (unpaired) electrons. The van der Waals surface area contributed by atoms with Crippen molar-refractivity contribution < 1.29 is 19.4 Å². The minimum Gasteiger partial charge on any atom is -0.488 e. The van der Waals surface area contributed by atoms with Crippen LogP contribution in [0, 0.1) is 16.7 Å². The molecular formula is C23H19N3O4S. The number of benzene rings is 2. The molecule has 1 amide bonds. The number of nitrogens with one attached hydrogen (secondary N) is 3. The van der Waals surface area contributed by atoms with Crippen molar-refractivity contribution in [3.63, 3.8) is 0 Å². The Hall–Kier alpha value is -3.78. The van der Waals surface area contributed by atoms with Crippen molar-refractivity contribution >= 4 is 34.6 Å². The average molecular weight is 433 g/mol. The van der Waals surface area contributed by atoms with E-state index in [9.17, 15) is 14.7 Å². The fourth-order valence-electron chi connectivity index (χ4n) is 3.54. The van der Waals surface area contributed by atoms with E-state index in [1.165, 1.54) is 12.1 Å². The van der Waals surface area contributed by atoms with E-state index in [4.69, 9.17) is 15.6 Å². The van der Waals surface area contributed by atoms with Crippen LogP contribution in [0.1, 0.15) is 32.4 Å². The number of amides is 1. The van der Waals surface area contributed by atoms with E-state index in [1.807, 2.05) is 17.5 Å². The third-order valence-electron chi connectivity index (χ3n) is 5.09. The quantitative estimate of drug-likeness (QED) is 0.422. The number of carboxylic acids is 1. The molecule has 2 aromatic carbocycles. The molecule has 2 heterocycles. The van der Waals surface area contributed by atoms with E-state index < -0.39 is 23.8 Å². The van der Waals surface area contributed by atoms with Gasteiger partial charge in [0.05, 0.1) is 23.2 Å². The summed E-state index contributed by atoms with van der Waals surface area (Å²) >= 11 is 1.59. The highest BCUT2D eigenvalue weighted by Crippen LogP contribution is 2.32. The number of carbonyl (C=O) groups is 2. The van der Waals surface area contributed by atoms with E-state index in [2.05, 4.69) is 5.32 Å². The molecule has 0 spiro atoms. The second-order valence-electron chi connectivity index (χ2n) is 7.08. The normalized spacial score (nSPS) is 17.9. The summed E-state index contributed by atoms with van der Waals surface area (Å²) in [6.07, 6.45) is 0. The smallest absolute Gasteiger partial charge is 0.335 e. The average Bonchev–Trinajstić information content (AvgIpc) is 3.40. The lowest BCUT2D eigenvalue weighted by atomic mass is 9.85. The van der Waals surface area contributed by atoms with Gasteiger partial charge >= 0.3 is 5.97 Å². The van der Waals surface area contributed by atoms with Crippen LogP contribution < -0.4 is 10.1 Å². The Bertz CT molecular complexity index is 1170. The largest absolute Gasteiger partial charge is 0.488 e. The van der Waals surface area contributed by atoms with Gasteiger partial charge in [0.2, 0.25) is 0 Å². The Labute approximate surface area is 182 Å². The molecule has 3 aromatic rings. The van der Waals surface area contributed by atoms with Crippen molar-refractivity contribution in [3.8, 4) is 5.75 Å². The molecule has 156 valence electrons. The lowest BCUT2D eigenvalue weighted by Crippen LogP contribution is -2.26. The Kier molecular flexibility index (Phi) is 5.64. The molecule has 1 aliphatic rings. The lowest BCUT2D eigenvalue weighted by Gasteiger charge is -2.21. The van der Waals surface area contributed by atoms with Gasteiger partial charge in [0.1, 0.15) is 18.1 Å². The van der Waals surface area contributed by atoms with Crippen LogP contribution in [0.25, 0.3) is 0 Å². The number of thiophene rings is 1. The number of rotatable bonds is 7. The Balaban J connectivity index is 1.60. The second kappa shape index (κ2) is 8.53. The SMILES string of the molecule is N=C1C(=O)NC(c2cccc(C(=O)O)c2)C1C(=N)c1cccc(OCc2cccs2)c1. The minimum atomic E-state index is -1.08. The van der Waals surface area contributed by atoms with Crippen molar-refractivity contribution in [1.82, 2.24) is 5.32 Å². The Morgan fingerprint density at radius 1 is 1.10 bits per heavy atom. The zero-order chi connectivity index (χ0) is 22.0. The molecule has 2 atom stereocenters. The summed E-state index contributed by atoms with van der Waals surface area (Å²) in [4.78, 5) is 24.7. The molecule has 31 heavy (non-hydrogen) atoms. The molecule has 1 aliphatic heterocycles. The van der Waals surface area contributed by atoms with Gasteiger partial charge in [-0.1, -0.05) is 30.3 Å². The number of carboxylic acid groups (broad SMARTS) is 1. The van der Waals surface area contributed by atoms with Crippen molar-refractivity contribution in [2.24, 2.45) is 5.92 Å². The molecule has 0 bridgehead atoms. The lowest BCUT2D eigenvalue weighted by molar-refractivity contribution is -0.114. The molecular weight excluding hydrogens is 414 g/mol. The van der Waals surface area contributed by atoms with Crippen LogP contribution in [0.3, 0.4) is 0 Å². The van der Waals surface area contributed by atoms with Gasteiger partial charge in [-0.2, -0.15) is 0 Å². The molecule has 0 aliphatic carbocycles. The number of carbonyl (C=O) groups excluding carboxylic acids is 1. The van der Waals surface area contributed by atoms with Gasteiger partial charge in [0.25, 0.3) is 5.91 Å². The van der Waals surface area contributed by atoms with Gasteiger partial charge in [-0.15, -0.1) is 11.3 Å². The number of hydrogen-bond acceptors (Lipinski definition) is 6. The van der Waals surface area contributed by atoms with Gasteiger partial charge in [-0.05, 0) is 46.8 Å². The fourth-order valence-corrected chi connectivity index (χ4v) is 4.16. The molecule has 4 N–H and O–H groups in total. The minimum absolute atomic E-state index is 0.0828. The first-order valence-corrected chi connectivity index (χ1v) is 10.4. The Morgan fingerprint density at radius 2 is 1.87 bits per heavy atom. The van der Waals surface area contributed by atoms with E-state index in [1.54, 1.807) is 47.7 Å². The second-order valence-corrected chi connectivity index (χ2v) is 8.11. The van der Waals surface area contributed by atoms with Crippen LogP contribution in [-0.4, -0.2) is 28.4 Å². The molecule has 1 saturated heterocycles. The predicted molar refractivity (Wildman–Crippen MR) is 117 cm³/mol. The maximum atomic E-state index is 12.3. The molecule has 2 unspecified atom stereocenters. The Morgan fingerprint density at radius 3 is 2.61 bits per heavy atom. The number of hydrogen-bond donors (Lipinski definition) is 4. The third kappa shape index (κ3) is 4.24. The summed E-state index contributed by atoms with van der Waals surface area (Å²) in [7, 11) is 0. The summed E-state index contributed by atoms with van der Waals surface area (Å²) in [6, 6.07) is 16.5.